The first-order valence-corrected chi connectivity index (χ1v) is 11.3. The highest BCUT2D eigenvalue weighted by Gasteiger charge is 2.43. The lowest BCUT2D eigenvalue weighted by Crippen LogP contribution is -2.31. The predicted molar refractivity (Wildman–Crippen MR) is 138 cm³/mol. The number of benzene rings is 3. The topological polar surface area (TPSA) is 103 Å². The van der Waals surface area contributed by atoms with Gasteiger partial charge in [0.15, 0.2) is 0 Å². The predicted octanol–water partition coefficient (Wildman–Crippen LogP) is 4.60. The summed E-state index contributed by atoms with van der Waals surface area (Å²) in [6.45, 7) is 3.39. The van der Waals surface area contributed by atoms with Gasteiger partial charge in [0.05, 0.1) is 33.9 Å². The maximum Gasteiger partial charge on any atom is 0.336 e. The Balaban J connectivity index is 1.72. The lowest BCUT2D eigenvalue weighted by molar-refractivity contribution is -0.118. The lowest BCUT2D eigenvalue weighted by atomic mass is 9.82. The zero-order valence-corrected chi connectivity index (χ0v) is 19.6. The van der Waals surface area contributed by atoms with Crippen molar-refractivity contribution in [1.29, 1.82) is 0 Å². The highest BCUT2D eigenvalue weighted by atomic mass is 16.4. The third-order valence-corrected chi connectivity index (χ3v) is 6.16. The number of anilines is 2. The first kappa shape index (κ1) is 22.9. The molecule has 2 heterocycles. The maximum absolute atomic E-state index is 13.8. The molecule has 0 saturated heterocycles. The fourth-order valence-electron chi connectivity index (χ4n) is 4.55. The molecular weight excluding hydrogens is 456 g/mol. The third-order valence-electron chi connectivity index (χ3n) is 6.16. The normalized spacial score (nSPS) is 18.9. The molecule has 8 heteroatoms. The SMILES string of the molecule is CC1=NN(c2ccccc2)C(=O)/C1=C(\c1ccccc1C(=O)O)[C@H]1C(=O)N(c2ccccc2)N=C1C. The highest BCUT2D eigenvalue weighted by molar-refractivity contribution is 6.37. The summed E-state index contributed by atoms with van der Waals surface area (Å²) in [6.07, 6.45) is 0. The Bertz CT molecular complexity index is 1480. The van der Waals surface area contributed by atoms with E-state index in [-0.39, 0.29) is 28.2 Å². The number of hydrazone groups is 2. The Morgan fingerprint density at radius 1 is 0.750 bits per heavy atom. The summed E-state index contributed by atoms with van der Waals surface area (Å²) in [5, 5.41) is 21.5. The second-order valence-corrected chi connectivity index (χ2v) is 8.44. The monoisotopic (exact) mass is 478 g/mol. The summed E-state index contributed by atoms with van der Waals surface area (Å²) < 4.78 is 0. The second-order valence-electron chi connectivity index (χ2n) is 8.44. The highest BCUT2D eigenvalue weighted by Crippen LogP contribution is 2.39. The molecule has 36 heavy (non-hydrogen) atoms. The molecule has 2 aliphatic heterocycles. The summed E-state index contributed by atoms with van der Waals surface area (Å²) in [4.78, 5) is 39.8. The first-order valence-electron chi connectivity index (χ1n) is 11.3. The van der Waals surface area contributed by atoms with Crippen molar-refractivity contribution in [3.05, 3.63) is 102 Å². The first-order chi connectivity index (χ1) is 17.4. The molecule has 0 bridgehead atoms. The van der Waals surface area contributed by atoms with E-state index >= 15 is 0 Å². The Kier molecular flexibility index (Phi) is 5.77. The Labute approximate surface area is 207 Å². The molecule has 8 nitrogen and oxygen atoms in total. The van der Waals surface area contributed by atoms with Crippen LogP contribution in [0.1, 0.15) is 29.8 Å². The fourth-order valence-corrected chi connectivity index (χ4v) is 4.55. The summed E-state index contributed by atoms with van der Waals surface area (Å²) in [5.41, 5.74) is 2.71. The number of hydrogen-bond acceptors (Lipinski definition) is 5. The van der Waals surface area contributed by atoms with Crippen LogP contribution in [0.5, 0.6) is 0 Å². The van der Waals surface area contributed by atoms with E-state index in [1.807, 2.05) is 12.1 Å². The third kappa shape index (κ3) is 3.78. The van der Waals surface area contributed by atoms with Crippen molar-refractivity contribution in [2.75, 3.05) is 10.0 Å². The number of amides is 2. The van der Waals surface area contributed by atoms with Crippen molar-refractivity contribution in [3.8, 4) is 0 Å². The maximum atomic E-state index is 13.8. The van der Waals surface area contributed by atoms with Gasteiger partial charge in [-0.15, -0.1) is 0 Å². The van der Waals surface area contributed by atoms with Crippen LogP contribution in [-0.4, -0.2) is 34.3 Å². The summed E-state index contributed by atoms with van der Waals surface area (Å²) in [5.74, 6) is -2.94. The zero-order chi connectivity index (χ0) is 25.4. The number of rotatable bonds is 5. The molecule has 2 aliphatic rings. The van der Waals surface area contributed by atoms with E-state index in [1.54, 1.807) is 80.6 Å². The Hall–Kier alpha value is -4.85. The van der Waals surface area contributed by atoms with Crippen molar-refractivity contribution in [1.82, 2.24) is 0 Å². The van der Waals surface area contributed by atoms with Gasteiger partial charge in [-0.05, 0) is 55.3 Å². The molecule has 0 fully saturated rings. The molecule has 3 aromatic carbocycles. The van der Waals surface area contributed by atoms with Gasteiger partial charge in [-0.25, -0.2) is 4.79 Å². The minimum atomic E-state index is -1.16. The molecule has 0 aliphatic carbocycles. The number of carboxylic acid groups (broad SMARTS) is 1. The van der Waals surface area contributed by atoms with E-state index in [2.05, 4.69) is 10.2 Å². The van der Waals surface area contributed by atoms with Crippen LogP contribution in [-0.2, 0) is 9.59 Å². The van der Waals surface area contributed by atoms with Gasteiger partial charge in [0, 0.05) is 0 Å². The summed E-state index contributed by atoms with van der Waals surface area (Å²) in [7, 11) is 0. The van der Waals surface area contributed by atoms with Gasteiger partial charge in [-0.1, -0.05) is 54.6 Å². The molecule has 1 N–H and O–H groups in total. The smallest absolute Gasteiger partial charge is 0.336 e. The van der Waals surface area contributed by atoms with Crippen LogP contribution >= 0.6 is 0 Å². The molecule has 1 atom stereocenters. The van der Waals surface area contributed by atoms with Crippen LogP contribution in [0.3, 0.4) is 0 Å². The van der Waals surface area contributed by atoms with Crippen molar-refractivity contribution in [3.63, 3.8) is 0 Å². The molecule has 0 spiro atoms. The molecule has 0 radical (unpaired) electrons. The number of carbonyl (C=O) groups is 3. The molecule has 178 valence electrons. The van der Waals surface area contributed by atoms with E-state index in [1.165, 1.54) is 16.1 Å². The second kappa shape index (κ2) is 9.07. The molecule has 0 aromatic heterocycles. The van der Waals surface area contributed by atoms with Gasteiger partial charge in [-0.2, -0.15) is 20.2 Å². The number of nitrogens with zero attached hydrogens (tertiary/aromatic N) is 4. The molecule has 0 unspecified atom stereocenters. The van der Waals surface area contributed by atoms with Gasteiger partial charge in [0.25, 0.3) is 11.8 Å². The van der Waals surface area contributed by atoms with E-state index in [0.29, 0.717) is 22.8 Å². The van der Waals surface area contributed by atoms with E-state index in [0.717, 1.165) is 0 Å². The van der Waals surface area contributed by atoms with Gasteiger partial charge in [-0.3, -0.25) is 9.59 Å². The van der Waals surface area contributed by atoms with Crippen molar-refractivity contribution < 1.29 is 19.5 Å². The minimum Gasteiger partial charge on any atom is -0.478 e. The van der Waals surface area contributed by atoms with Gasteiger partial charge < -0.3 is 5.11 Å². The van der Waals surface area contributed by atoms with E-state index in [4.69, 9.17) is 0 Å². The largest absolute Gasteiger partial charge is 0.478 e. The lowest BCUT2D eigenvalue weighted by Gasteiger charge is -2.21. The Morgan fingerprint density at radius 2 is 1.28 bits per heavy atom. The van der Waals surface area contributed by atoms with Crippen LogP contribution in [0.15, 0.2) is 101 Å². The number of carbonyl (C=O) groups excluding carboxylic acids is 2. The number of para-hydroxylation sites is 2. The van der Waals surface area contributed by atoms with Gasteiger partial charge in [0.2, 0.25) is 0 Å². The standard InChI is InChI=1S/C28H22N4O4/c1-17-23(26(33)31(29-17)19-11-5-3-6-12-19)25(21-15-9-10-16-22(21)28(35)36)24-18(2)30-32(27(24)34)20-13-7-4-8-14-20/h3-16,23H,1-2H3,(H,35,36)/b25-24+/t23-/m0/s1. The van der Waals surface area contributed by atoms with Crippen LogP contribution in [0.2, 0.25) is 0 Å². The van der Waals surface area contributed by atoms with Crippen molar-refractivity contribution in [2.24, 2.45) is 16.1 Å². The number of carboxylic acids is 1. The molecule has 5 rings (SSSR count). The molecule has 3 aromatic rings. The van der Waals surface area contributed by atoms with Gasteiger partial charge >= 0.3 is 5.97 Å². The van der Waals surface area contributed by atoms with Crippen LogP contribution in [0.25, 0.3) is 5.57 Å². The summed E-state index contributed by atoms with van der Waals surface area (Å²) in [6, 6.07) is 24.3. The zero-order valence-electron chi connectivity index (χ0n) is 19.6. The average molecular weight is 479 g/mol. The van der Waals surface area contributed by atoms with Crippen LogP contribution < -0.4 is 10.0 Å². The van der Waals surface area contributed by atoms with Crippen LogP contribution in [0, 0.1) is 5.92 Å². The van der Waals surface area contributed by atoms with E-state index < -0.39 is 17.8 Å². The van der Waals surface area contributed by atoms with Gasteiger partial charge in [0.1, 0.15) is 5.92 Å². The molecule has 2 amide bonds. The molecule has 0 saturated carbocycles. The number of hydrogen-bond donors (Lipinski definition) is 1. The number of aromatic carboxylic acids is 1. The van der Waals surface area contributed by atoms with Crippen LogP contribution in [0.4, 0.5) is 11.4 Å². The fraction of sp³-hybridized carbons (Fsp3) is 0.107. The van der Waals surface area contributed by atoms with E-state index in [9.17, 15) is 19.5 Å². The average Bonchev–Trinajstić information content (AvgIpc) is 3.36. The minimum absolute atomic E-state index is 0.0162. The van der Waals surface area contributed by atoms with Crippen molar-refractivity contribution in [2.45, 2.75) is 13.8 Å². The molecular formula is C28H22N4O4. The summed E-state index contributed by atoms with van der Waals surface area (Å²) >= 11 is 0. The quantitative estimate of drug-likeness (QED) is 0.542. The van der Waals surface area contributed by atoms with Crippen molar-refractivity contribution >= 4 is 46.2 Å². The Morgan fingerprint density at radius 3 is 1.86 bits per heavy atom.